The average Bonchev–Trinajstić information content (AvgIpc) is 3.28. The Kier molecular flexibility index (Phi) is 8.53. The molecule has 0 aromatic heterocycles. The van der Waals surface area contributed by atoms with Crippen molar-refractivity contribution in [2.24, 2.45) is 23.7 Å². The summed E-state index contributed by atoms with van der Waals surface area (Å²) in [5.74, 6) is 1.12. The molecule has 0 spiro atoms. The molecule has 158 valence electrons. The lowest BCUT2D eigenvalue weighted by molar-refractivity contribution is -0.273. The molecule has 2 fully saturated rings. The Bertz CT molecular complexity index is 466. The topological polar surface area (TPSA) is 85.2 Å². The highest BCUT2D eigenvalue weighted by atomic mass is 16.7. The monoisotopic (exact) mass is 386 g/mol. The first-order valence-corrected chi connectivity index (χ1v) is 10.6. The highest BCUT2D eigenvalue weighted by Gasteiger charge is 2.52. The van der Waals surface area contributed by atoms with Crippen molar-refractivity contribution in [1.29, 1.82) is 0 Å². The molecule has 6 nitrogen and oxygen atoms in total. The largest absolute Gasteiger partial charge is 0.465 e. The van der Waals surface area contributed by atoms with Gasteiger partial charge in [0.25, 0.3) is 0 Å². The molecule has 0 radical (unpaired) electrons. The van der Waals surface area contributed by atoms with E-state index in [0.717, 1.165) is 25.7 Å². The number of rotatable bonds is 10. The minimum absolute atomic E-state index is 0.0123. The average molecular weight is 387 g/mol. The van der Waals surface area contributed by atoms with E-state index in [2.05, 4.69) is 20.8 Å². The van der Waals surface area contributed by atoms with E-state index in [1.807, 2.05) is 6.92 Å². The molecule has 0 aromatic rings. The van der Waals surface area contributed by atoms with E-state index in [1.54, 1.807) is 6.92 Å². The third-order valence-electron chi connectivity index (χ3n) is 6.41. The Hall–Kier alpha value is -0.690. The summed E-state index contributed by atoms with van der Waals surface area (Å²) in [6.07, 6.45) is 1.44. The van der Waals surface area contributed by atoms with Gasteiger partial charge in [0.05, 0.1) is 30.8 Å². The number of ether oxygens (including phenoxy) is 3. The number of carbonyl (C=O) groups excluding carboxylic acids is 1. The summed E-state index contributed by atoms with van der Waals surface area (Å²) in [6.45, 7) is 10.6. The Balaban J connectivity index is 1.69. The smallest absolute Gasteiger partial charge is 0.309 e. The predicted octanol–water partition coefficient (Wildman–Crippen LogP) is 2.89. The second-order valence-electron chi connectivity index (χ2n) is 8.47. The summed E-state index contributed by atoms with van der Waals surface area (Å²) < 4.78 is 16.9. The zero-order valence-corrected chi connectivity index (χ0v) is 17.5. The van der Waals surface area contributed by atoms with Crippen molar-refractivity contribution >= 4 is 5.97 Å². The van der Waals surface area contributed by atoms with Crippen LogP contribution in [0.3, 0.4) is 0 Å². The highest BCUT2D eigenvalue weighted by molar-refractivity contribution is 5.76. The molecular weight excluding hydrogens is 348 g/mol. The Labute approximate surface area is 163 Å². The molecule has 0 aromatic carbocycles. The zero-order chi connectivity index (χ0) is 20.1. The first-order valence-electron chi connectivity index (χ1n) is 10.6. The van der Waals surface area contributed by atoms with Crippen molar-refractivity contribution in [3.05, 3.63) is 0 Å². The minimum atomic E-state index is -0.814. The predicted molar refractivity (Wildman–Crippen MR) is 102 cm³/mol. The van der Waals surface area contributed by atoms with Crippen molar-refractivity contribution in [3.8, 4) is 0 Å². The van der Waals surface area contributed by atoms with Crippen LogP contribution in [-0.4, -0.2) is 53.5 Å². The van der Waals surface area contributed by atoms with Gasteiger partial charge in [-0.05, 0) is 44.4 Å². The molecule has 2 aliphatic rings. The molecule has 3 unspecified atom stereocenters. The summed E-state index contributed by atoms with van der Waals surface area (Å²) >= 11 is 0. The first kappa shape index (κ1) is 22.6. The van der Waals surface area contributed by atoms with Gasteiger partial charge in [0, 0.05) is 6.42 Å². The number of hydrogen-bond donors (Lipinski definition) is 2. The molecule has 1 heterocycles. The van der Waals surface area contributed by atoms with Gasteiger partial charge in [-0.2, -0.15) is 0 Å². The molecule has 1 aliphatic carbocycles. The van der Waals surface area contributed by atoms with Crippen molar-refractivity contribution in [2.45, 2.75) is 97.4 Å². The molecule has 0 amide bonds. The van der Waals surface area contributed by atoms with E-state index in [9.17, 15) is 15.0 Å². The SMILES string of the molecule is CCC(CC)COC(=O)[C@@H]1C(C)[C@@H]1CC[C@@H](C)OC1O[C@@H](C)C(O)C[C@H]1O. The summed E-state index contributed by atoms with van der Waals surface area (Å²) in [6, 6.07) is 0. The van der Waals surface area contributed by atoms with Gasteiger partial charge in [-0.15, -0.1) is 0 Å². The maximum absolute atomic E-state index is 12.3. The van der Waals surface area contributed by atoms with E-state index in [0.29, 0.717) is 24.4 Å². The lowest BCUT2D eigenvalue weighted by Crippen LogP contribution is -2.48. The van der Waals surface area contributed by atoms with Crippen LogP contribution >= 0.6 is 0 Å². The van der Waals surface area contributed by atoms with Gasteiger partial charge >= 0.3 is 5.97 Å². The van der Waals surface area contributed by atoms with Gasteiger partial charge in [-0.1, -0.05) is 33.6 Å². The van der Waals surface area contributed by atoms with Crippen LogP contribution in [0.25, 0.3) is 0 Å². The first-order chi connectivity index (χ1) is 12.8. The van der Waals surface area contributed by atoms with E-state index < -0.39 is 18.5 Å². The highest BCUT2D eigenvalue weighted by Crippen LogP contribution is 2.50. The van der Waals surface area contributed by atoms with Crippen LogP contribution in [-0.2, 0) is 19.0 Å². The van der Waals surface area contributed by atoms with E-state index in [4.69, 9.17) is 14.2 Å². The van der Waals surface area contributed by atoms with Gasteiger partial charge in [0.2, 0.25) is 0 Å². The fraction of sp³-hybridized carbons (Fsp3) is 0.952. The fourth-order valence-electron chi connectivity index (χ4n) is 3.99. The van der Waals surface area contributed by atoms with Crippen molar-refractivity contribution < 1.29 is 29.2 Å². The fourth-order valence-corrected chi connectivity index (χ4v) is 3.99. The summed E-state index contributed by atoms with van der Waals surface area (Å²) in [4.78, 5) is 12.3. The van der Waals surface area contributed by atoms with Crippen LogP contribution in [0.2, 0.25) is 0 Å². The molecule has 27 heavy (non-hydrogen) atoms. The lowest BCUT2D eigenvalue weighted by atomic mass is 10.0. The van der Waals surface area contributed by atoms with E-state index in [1.165, 1.54) is 0 Å². The normalized spacial score (nSPS) is 37.3. The number of carbonyl (C=O) groups is 1. The van der Waals surface area contributed by atoms with Crippen LogP contribution < -0.4 is 0 Å². The summed E-state index contributed by atoms with van der Waals surface area (Å²) in [5, 5.41) is 19.7. The second-order valence-corrected chi connectivity index (χ2v) is 8.47. The van der Waals surface area contributed by atoms with Gasteiger partial charge < -0.3 is 24.4 Å². The van der Waals surface area contributed by atoms with Crippen LogP contribution in [0, 0.1) is 23.7 Å². The minimum Gasteiger partial charge on any atom is -0.465 e. The second kappa shape index (κ2) is 10.2. The molecule has 1 saturated carbocycles. The Morgan fingerprint density at radius 2 is 1.85 bits per heavy atom. The van der Waals surface area contributed by atoms with Crippen LogP contribution in [0.5, 0.6) is 0 Å². The molecule has 6 heteroatoms. The molecule has 8 atom stereocenters. The van der Waals surface area contributed by atoms with Gasteiger partial charge in [-0.3, -0.25) is 4.79 Å². The maximum atomic E-state index is 12.3. The Morgan fingerprint density at radius 1 is 1.19 bits per heavy atom. The van der Waals surface area contributed by atoms with Gasteiger partial charge in [0.1, 0.15) is 6.10 Å². The van der Waals surface area contributed by atoms with Gasteiger partial charge in [0.15, 0.2) is 6.29 Å². The molecular formula is C21H38O6. The molecule has 0 bridgehead atoms. The number of aliphatic hydroxyl groups is 2. The van der Waals surface area contributed by atoms with E-state index in [-0.39, 0.29) is 30.5 Å². The lowest BCUT2D eigenvalue weighted by Gasteiger charge is -2.36. The summed E-state index contributed by atoms with van der Waals surface area (Å²) in [7, 11) is 0. The number of hydrogen-bond acceptors (Lipinski definition) is 6. The maximum Gasteiger partial charge on any atom is 0.309 e. The van der Waals surface area contributed by atoms with Gasteiger partial charge in [-0.25, -0.2) is 0 Å². The van der Waals surface area contributed by atoms with Crippen LogP contribution in [0.1, 0.15) is 66.7 Å². The molecule has 2 N–H and O–H groups in total. The Morgan fingerprint density at radius 3 is 2.48 bits per heavy atom. The van der Waals surface area contributed by atoms with Crippen molar-refractivity contribution in [2.75, 3.05) is 6.61 Å². The van der Waals surface area contributed by atoms with Crippen LogP contribution in [0.15, 0.2) is 0 Å². The quantitative estimate of drug-likeness (QED) is 0.562. The third kappa shape index (κ3) is 6.14. The van der Waals surface area contributed by atoms with Crippen molar-refractivity contribution in [3.63, 3.8) is 0 Å². The standard InChI is InChI=1S/C21H38O6/c1-6-15(7-2)11-25-20(24)19-13(4)16(19)9-8-12(3)26-21-18(23)10-17(22)14(5)27-21/h12-19,21-23H,6-11H2,1-5H3/t12-,13?,14+,16+,17?,18-,19-,21?/m1/s1. The number of aliphatic hydroxyl groups excluding tert-OH is 2. The van der Waals surface area contributed by atoms with E-state index >= 15 is 0 Å². The summed E-state index contributed by atoms with van der Waals surface area (Å²) in [5.41, 5.74) is 0. The third-order valence-corrected chi connectivity index (χ3v) is 6.41. The molecule has 2 rings (SSSR count). The molecule has 1 saturated heterocycles. The number of esters is 1. The van der Waals surface area contributed by atoms with Crippen LogP contribution in [0.4, 0.5) is 0 Å². The molecule has 1 aliphatic heterocycles. The zero-order valence-electron chi connectivity index (χ0n) is 17.5. The van der Waals surface area contributed by atoms with Crippen molar-refractivity contribution in [1.82, 2.24) is 0 Å².